The SMILES string of the molecule is CNCC(CCS(=O)(=O)C(C)(C)C)Cc1ccccc1F. The van der Waals surface area contributed by atoms with E-state index in [1.807, 2.05) is 7.05 Å². The van der Waals surface area contributed by atoms with Crippen LogP contribution in [-0.4, -0.2) is 32.5 Å². The molecule has 0 amide bonds. The van der Waals surface area contributed by atoms with Crippen LogP contribution in [-0.2, 0) is 16.3 Å². The van der Waals surface area contributed by atoms with E-state index in [1.54, 1.807) is 39.0 Å². The lowest BCUT2D eigenvalue weighted by molar-refractivity contribution is 0.463. The Labute approximate surface area is 127 Å². The van der Waals surface area contributed by atoms with E-state index < -0.39 is 14.6 Å². The maximum absolute atomic E-state index is 13.7. The summed E-state index contributed by atoms with van der Waals surface area (Å²) in [7, 11) is -1.31. The second-order valence-electron chi connectivity index (χ2n) is 6.44. The molecule has 0 fully saturated rings. The molecule has 5 heteroatoms. The van der Waals surface area contributed by atoms with Crippen molar-refractivity contribution in [3.8, 4) is 0 Å². The van der Waals surface area contributed by atoms with E-state index in [0.29, 0.717) is 24.9 Å². The third kappa shape index (κ3) is 5.40. The summed E-state index contributed by atoms with van der Waals surface area (Å²) in [5.74, 6) is 0.0124. The summed E-state index contributed by atoms with van der Waals surface area (Å²) < 4.78 is 37.3. The number of benzene rings is 1. The lowest BCUT2D eigenvalue weighted by Crippen LogP contribution is -2.32. The highest BCUT2D eigenvalue weighted by Gasteiger charge is 2.29. The van der Waals surface area contributed by atoms with Gasteiger partial charge in [-0.2, -0.15) is 0 Å². The van der Waals surface area contributed by atoms with Gasteiger partial charge < -0.3 is 5.32 Å². The van der Waals surface area contributed by atoms with Gasteiger partial charge in [0, 0.05) is 0 Å². The fraction of sp³-hybridized carbons (Fsp3) is 0.625. The normalized spacial score (nSPS) is 14.1. The van der Waals surface area contributed by atoms with Gasteiger partial charge in [-0.25, -0.2) is 12.8 Å². The van der Waals surface area contributed by atoms with E-state index in [4.69, 9.17) is 0 Å². The van der Waals surface area contributed by atoms with Crippen molar-refractivity contribution in [1.82, 2.24) is 5.32 Å². The van der Waals surface area contributed by atoms with Crippen LogP contribution in [0.3, 0.4) is 0 Å². The fourth-order valence-corrected chi connectivity index (χ4v) is 3.42. The van der Waals surface area contributed by atoms with Crippen LogP contribution in [0.5, 0.6) is 0 Å². The van der Waals surface area contributed by atoms with Crippen molar-refractivity contribution in [3.05, 3.63) is 35.6 Å². The van der Waals surface area contributed by atoms with Crippen LogP contribution in [0.2, 0.25) is 0 Å². The van der Waals surface area contributed by atoms with E-state index in [0.717, 1.165) is 0 Å². The first kappa shape index (κ1) is 18.1. The molecule has 1 unspecified atom stereocenters. The summed E-state index contributed by atoms with van der Waals surface area (Å²) in [4.78, 5) is 0. The van der Waals surface area contributed by atoms with Crippen molar-refractivity contribution in [2.24, 2.45) is 5.92 Å². The molecule has 0 aromatic heterocycles. The van der Waals surface area contributed by atoms with Gasteiger partial charge in [-0.15, -0.1) is 0 Å². The minimum absolute atomic E-state index is 0.101. The van der Waals surface area contributed by atoms with Crippen LogP contribution in [0.15, 0.2) is 24.3 Å². The van der Waals surface area contributed by atoms with Gasteiger partial charge >= 0.3 is 0 Å². The molecule has 0 heterocycles. The van der Waals surface area contributed by atoms with Crippen molar-refractivity contribution in [3.63, 3.8) is 0 Å². The zero-order valence-electron chi connectivity index (χ0n) is 13.3. The number of nitrogens with one attached hydrogen (secondary N) is 1. The maximum atomic E-state index is 13.7. The summed E-state index contributed by atoms with van der Waals surface area (Å²) >= 11 is 0. The molecule has 0 saturated carbocycles. The number of halogens is 1. The molecule has 1 aromatic rings. The zero-order chi connectivity index (χ0) is 16.1. The summed E-state index contributed by atoms with van der Waals surface area (Å²) in [6.07, 6.45) is 1.09. The van der Waals surface area contributed by atoms with Crippen molar-refractivity contribution in [2.45, 2.75) is 38.4 Å². The lowest BCUT2D eigenvalue weighted by atomic mass is 9.96. The Morgan fingerprint density at radius 3 is 2.38 bits per heavy atom. The maximum Gasteiger partial charge on any atom is 0.155 e. The first-order valence-electron chi connectivity index (χ1n) is 7.27. The standard InChI is InChI=1S/C16H26FNO2S/c1-16(2,3)21(19,20)10-9-13(12-18-4)11-14-7-5-6-8-15(14)17/h5-8,13,18H,9-12H2,1-4H3. The molecule has 0 bridgehead atoms. The van der Waals surface area contributed by atoms with Crippen molar-refractivity contribution in [2.75, 3.05) is 19.3 Å². The largest absolute Gasteiger partial charge is 0.319 e. The van der Waals surface area contributed by atoms with Gasteiger partial charge in [-0.3, -0.25) is 0 Å². The highest BCUT2D eigenvalue weighted by Crippen LogP contribution is 2.21. The molecule has 0 spiro atoms. The smallest absolute Gasteiger partial charge is 0.155 e. The van der Waals surface area contributed by atoms with Gasteiger partial charge in [0.25, 0.3) is 0 Å². The molecule has 21 heavy (non-hydrogen) atoms. The minimum Gasteiger partial charge on any atom is -0.319 e. The highest BCUT2D eigenvalue weighted by atomic mass is 32.2. The molecule has 1 N–H and O–H groups in total. The van der Waals surface area contributed by atoms with Crippen molar-refractivity contribution < 1.29 is 12.8 Å². The average Bonchev–Trinajstić information content (AvgIpc) is 2.37. The molecular weight excluding hydrogens is 289 g/mol. The monoisotopic (exact) mass is 315 g/mol. The Balaban J connectivity index is 2.74. The molecule has 0 aliphatic rings. The Morgan fingerprint density at radius 2 is 1.86 bits per heavy atom. The Hall–Kier alpha value is -0.940. The first-order chi connectivity index (χ1) is 9.67. The molecule has 120 valence electrons. The van der Waals surface area contributed by atoms with Gasteiger partial charge in [0.1, 0.15) is 5.82 Å². The van der Waals surface area contributed by atoms with E-state index in [9.17, 15) is 12.8 Å². The Morgan fingerprint density at radius 1 is 1.24 bits per heavy atom. The van der Waals surface area contributed by atoms with Crippen LogP contribution in [0.4, 0.5) is 4.39 Å². The van der Waals surface area contributed by atoms with Gasteiger partial charge in [0.05, 0.1) is 10.5 Å². The second kappa shape index (κ2) is 7.36. The fourth-order valence-electron chi connectivity index (χ4n) is 2.17. The average molecular weight is 315 g/mol. The number of sulfone groups is 1. The molecule has 3 nitrogen and oxygen atoms in total. The molecule has 1 aromatic carbocycles. The third-order valence-electron chi connectivity index (χ3n) is 3.69. The molecule has 0 aliphatic carbocycles. The molecule has 0 radical (unpaired) electrons. The van der Waals surface area contributed by atoms with E-state index in [1.165, 1.54) is 6.07 Å². The third-order valence-corrected chi connectivity index (χ3v) is 6.33. The van der Waals surface area contributed by atoms with Crippen LogP contribution >= 0.6 is 0 Å². The van der Waals surface area contributed by atoms with Crippen LogP contribution in [0, 0.1) is 11.7 Å². The number of hydrogen-bond donors (Lipinski definition) is 1. The molecular formula is C16H26FNO2S. The Kier molecular flexibility index (Phi) is 6.35. The van der Waals surface area contributed by atoms with E-state index >= 15 is 0 Å². The van der Waals surface area contributed by atoms with Crippen LogP contribution in [0.25, 0.3) is 0 Å². The topological polar surface area (TPSA) is 46.2 Å². The Bertz CT molecular complexity index is 550. The second-order valence-corrected chi connectivity index (χ2v) is 9.30. The summed E-state index contributed by atoms with van der Waals surface area (Å²) in [6.45, 7) is 5.82. The summed E-state index contributed by atoms with van der Waals surface area (Å²) in [5.41, 5.74) is 0.644. The number of hydrogen-bond acceptors (Lipinski definition) is 3. The lowest BCUT2D eigenvalue weighted by Gasteiger charge is -2.22. The van der Waals surface area contributed by atoms with Gasteiger partial charge in [-0.05, 0) is 64.8 Å². The van der Waals surface area contributed by atoms with Crippen molar-refractivity contribution in [1.29, 1.82) is 0 Å². The summed E-state index contributed by atoms with van der Waals surface area (Å²) in [5, 5.41) is 3.07. The first-order valence-corrected chi connectivity index (χ1v) is 8.93. The minimum atomic E-state index is -3.14. The zero-order valence-corrected chi connectivity index (χ0v) is 14.1. The van der Waals surface area contributed by atoms with E-state index in [2.05, 4.69) is 5.32 Å². The van der Waals surface area contributed by atoms with Crippen LogP contribution in [0.1, 0.15) is 32.8 Å². The molecule has 1 atom stereocenters. The van der Waals surface area contributed by atoms with E-state index in [-0.39, 0.29) is 17.5 Å². The van der Waals surface area contributed by atoms with Crippen LogP contribution < -0.4 is 5.32 Å². The van der Waals surface area contributed by atoms with Gasteiger partial charge in [0.2, 0.25) is 0 Å². The highest BCUT2D eigenvalue weighted by molar-refractivity contribution is 7.92. The quantitative estimate of drug-likeness (QED) is 0.841. The van der Waals surface area contributed by atoms with Gasteiger partial charge in [0.15, 0.2) is 9.84 Å². The molecule has 0 aliphatic heterocycles. The number of rotatable bonds is 7. The van der Waals surface area contributed by atoms with Crippen molar-refractivity contribution >= 4 is 9.84 Å². The summed E-state index contributed by atoms with van der Waals surface area (Å²) in [6, 6.07) is 6.67. The molecule has 1 rings (SSSR count). The molecule has 0 saturated heterocycles. The predicted octanol–water partition coefficient (Wildman–Crippen LogP) is 2.81. The predicted molar refractivity (Wildman–Crippen MR) is 85.7 cm³/mol. The van der Waals surface area contributed by atoms with Gasteiger partial charge in [-0.1, -0.05) is 18.2 Å².